The molecule has 2 rings (SSSR count). The summed E-state index contributed by atoms with van der Waals surface area (Å²) in [6.07, 6.45) is 2.90. The molecule has 0 saturated carbocycles. The number of halogens is 2. The van der Waals surface area contributed by atoms with Gasteiger partial charge in [-0.1, -0.05) is 22.0 Å². The molecule has 2 nitrogen and oxygen atoms in total. The first kappa shape index (κ1) is 13.0. The van der Waals surface area contributed by atoms with Crippen LogP contribution in [0.2, 0.25) is 0 Å². The fourth-order valence-electron chi connectivity index (χ4n) is 2.27. The average Bonchev–Trinajstić information content (AvgIpc) is 2.30. The summed E-state index contributed by atoms with van der Waals surface area (Å²) in [6.45, 7) is 1.61. The fourth-order valence-corrected chi connectivity index (χ4v) is 2.60. The molecule has 1 fully saturated rings. The van der Waals surface area contributed by atoms with E-state index in [1.165, 1.54) is 6.07 Å². The quantitative estimate of drug-likeness (QED) is 0.928. The van der Waals surface area contributed by atoms with Gasteiger partial charge in [0.05, 0.1) is 0 Å². The third kappa shape index (κ3) is 3.50. The topological polar surface area (TPSA) is 35.2 Å². The van der Waals surface area contributed by atoms with E-state index in [0.29, 0.717) is 11.5 Å². The van der Waals surface area contributed by atoms with Crippen molar-refractivity contribution in [2.24, 2.45) is 11.7 Å². The van der Waals surface area contributed by atoms with Crippen LogP contribution in [0.15, 0.2) is 22.7 Å². The Hall–Kier alpha value is -0.450. The van der Waals surface area contributed by atoms with Crippen molar-refractivity contribution in [3.8, 4) is 0 Å². The molecule has 1 unspecified atom stereocenters. The lowest BCUT2D eigenvalue weighted by Crippen LogP contribution is -2.22. The molecule has 1 saturated heterocycles. The Morgan fingerprint density at radius 2 is 2.12 bits per heavy atom. The Kier molecular flexibility index (Phi) is 4.54. The number of benzene rings is 1. The second-order valence-electron chi connectivity index (χ2n) is 4.56. The van der Waals surface area contributed by atoms with Crippen LogP contribution in [-0.4, -0.2) is 13.2 Å². The highest BCUT2D eigenvalue weighted by atomic mass is 79.9. The summed E-state index contributed by atoms with van der Waals surface area (Å²) in [5, 5.41) is 0. The Labute approximate surface area is 109 Å². The number of ether oxygens (including phenoxy) is 1. The van der Waals surface area contributed by atoms with Gasteiger partial charge in [0.1, 0.15) is 5.82 Å². The minimum absolute atomic E-state index is 0.216. The van der Waals surface area contributed by atoms with Gasteiger partial charge in [-0.05, 0) is 37.3 Å². The molecule has 4 heteroatoms. The molecule has 2 N–H and O–H groups in total. The Bertz CT molecular complexity index is 380. The summed E-state index contributed by atoms with van der Waals surface area (Å²) in [7, 11) is 0. The number of nitrogens with two attached hydrogens (primary N) is 1. The van der Waals surface area contributed by atoms with Crippen LogP contribution in [-0.2, 0) is 4.74 Å². The van der Waals surface area contributed by atoms with Crippen LogP contribution < -0.4 is 5.73 Å². The number of hydrogen-bond donors (Lipinski definition) is 1. The molecule has 1 aromatic carbocycles. The summed E-state index contributed by atoms with van der Waals surface area (Å²) in [6, 6.07) is 4.86. The smallest absolute Gasteiger partial charge is 0.129 e. The van der Waals surface area contributed by atoms with Gasteiger partial charge in [-0.25, -0.2) is 4.39 Å². The van der Waals surface area contributed by atoms with Gasteiger partial charge in [0.25, 0.3) is 0 Å². The molecule has 0 amide bonds. The normalized spacial score (nSPS) is 19.2. The van der Waals surface area contributed by atoms with Gasteiger partial charge in [-0.2, -0.15) is 0 Å². The summed E-state index contributed by atoms with van der Waals surface area (Å²) >= 11 is 3.25. The zero-order valence-electron chi connectivity index (χ0n) is 9.66. The van der Waals surface area contributed by atoms with Crippen LogP contribution >= 0.6 is 15.9 Å². The summed E-state index contributed by atoms with van der Waals surface area (Å²) in [5.74, 6) is 0.334. The summed E-state index contributed by atoms with van der Waals surface area (Å²) in [5.41, 5.74) is 6.69. The second-order valence-corrected chi connectivity index (χ2v) is 5.48. The average molecular weight is 302 g/mol. The zero-order valence-corrected chi connectivity index (χ0v) is 11.2. The van der Waals surface area contributed by atoms with E-state index in [1.54, 1.807) is 6.07 Å². The van der Waals surface area contributed by atoms with Crippen molar-refractivity contribution in [1.29, 1.82) is 0 Å². The van der Waals surface area contributed by atoms with Crippen LogP contribution in [0.5, 0.6) is 0 Å². The second kappa shape index (κ2) is 5.94. The Balaban J connectivity index is 2.00. The first-order chi connectivity index (χ1) is 8.16. The lowest BCUT2D eigenvalue weighted by molar-refractivity contribution is 0.0617. The third-order valence-corrected chi connectivity index (χ3v) is 3.78. The van der Waals surface area contributed by atoms with E-state index in [9.17, 15) is 4.39 Å². The first-order valence-corrected chi connectivity index (χ1v) is 6.74. The maximum Gasteiger partial charge on any atom is 0.129 e. The van der Waals surface area contributed by atoms with Gasteiger partial charge in [-0.3, -0.25) is 0 Å². The van der Waals surface area contributed by atoms with Gasteiger partial charge < -0.3 is 10.5 Å². The number of rotatable bonds is 3. The minimum Gasteiger partial charge on any atom is -0.381 e. The SMILES string of the molecule is NC(CC1CCOCC1)c1ccc(Br)cc1F. The molecule has 0 aliphatic carbocycles. The van der Waals surface area contributed by atoms with Crippen molar-refractivity contribution < 1.29 is 9.13 Å². The largest absolute Gasteiger partial charge is 0.381 e. The predicted octanol–water partition coefficient (Wildman–Crippen LogP) is 3.40. The maximum absolute atomic E-state index is 13.7. The molecule has 1 aliphatic heterocycles. The molecular weight excluding hydrogens is 285 g/mol. The molecule has 0 bridgehead atoms. The molecule has 1 heterocycles. The van der Waals surface area contributed by atoms with E-state index in [1.807, 2.05) is 6.07 Å². The van der Waals surface area contributed by atoms with E-state index < -0.39 is 0 Å². The lowest BCUT2D eigenvalue weighted by Gasteiger charge is -2.25. The van der Waals surface area contributed by atoms with Gasteiger partial charge >= 0.3 is 0 Å². The van der Waals surface area contributed by atoms with Crippen LogP contribution in [0.4, 0.5) is 4.39 Å². The Morgan fingerprint density at radius 3 is 2.76 bits per heavy atom. The molecule has 0 aromatic heterocycles. The maximum atomic E-state index is 13.7. The van der Waals surface area contributed by atoms with Gasteiger partial charge in [0, 0.05) is 29.3 Å². The van der Waals surface area contributed by atoms with Gasteiger partial charge in [0.2, 0.25) is 0 Å². The zero-order chi connectivity index (χ0) is 12.3. The van der Waals surface area contributed by atoms with Crippen LogP contribution in [0, 0.1) is 11.7 Å². The molecule has 1 atom stereocenters. The van der Waals surface area contributed by atoms with E-state index in [4.69, 9.17) is 10.5 Å². The molecule has 1 aliphatic rings. The molecule has 94 valence electrons. The molecular formula is C13H17BrFNO. The van der Waals surface area contributed by atoms with Crippen LogP contribution in [0.25, 0.3) is 0 Å². The minimum atomic E-state index is -0.223. The molecule has 1 aromatic rings. The highest BCUT2D eigenvalue weighted by molar-refractivity contribution is 9.10. The third-order valence-electron chi connectivity index (χ3n) is 3.29. The van der Waals surface area contributed by atoms with Crippen LogP contribution in [0.3, 0.4) is 0 Å². The van der Waals surface area contributed by atoms with Crippen molar-refractivity contribution in [1.82, 2.24) is 0 Å². The standard InChI is InChI=1S/C13H17BrFNO/c14-10-1-2-11(12(15)8-10)13(16)7-9-3-5-17-6-4-9/h1-2,8-9,13H,3-7,16H2. The molecule has 0 radical (unpaired) electrons. The van der Waals surface area contributed by atoms with Crippen molar-refractivity contribution >= 4 is 15.9 Å². The van der Waals surface area contributed by atoms with Gasteiger partial charge in [0.15, 0.2) is 0 Å². The van der Waals surface area contributed by atoms with E-state index in [0.717, 1.165) is 36.9 Å². The van der Waals surface area contributed by atoms with Crippen molar-refractivity contribution in [3.63, 3.8) is 0 Å². The summed E-state index contributed by atoms with van der Waals surface area (Å²) in [4.78, 5) is 0. The molecule has 17 heavy (non-hydrogen) atoms. The van der Waals surface area contributed by atoms with Crippen molar-refractivity contribution in [3.05, 3.63) is 34.1 Å². The van der Waals surface area contributed by atoms with Crippen molar-refractivity contribution in [2.45, 2.75) is 25.3 Å². The highest BCUT2D eigenvalue weighted by Gasteiger charge is 2.19. The van der Waals surface area contributed by atoms with E-state index >= 15 is 0 Å². The highest BCUT2D eigenvalue weighted by Crippen LogP contribution is 2.28. The van der Waals surface area contributed by atoms with Gasteiger partial charge in [-0.15, -0.1) is 0 Å². The number of hydrogen-bond acceptors (Lipinski definition) is 2. The van der Waals surface area contributed by atoms with Crippen molar-refractivity contribution in [2.75, 3.05) is 13.2 Å². The van der Waals surface area contributed by atoms with E-state index in [-0.39, 0.29) is 11.9 Å². The van der Waals surface area contributed by atoms with Crippen LogP contribution in [0.1, 0.15) is 30.9 Å². The predicted molar refractivity (Wildman–Crippen MR) is 69.2 cm³/mol. The Morgan fingerprint density at radius 1 is 1.41 bits per heavy atom. The fraction of sp³-hybridized carbons (Fsp3) is 0.538. The molecule has 0 spiro atoms. The monoisotopic (exact) mass is 301 g/mol. The summed E-state index contributed by atoms with van der Waals surface area (Å²) < 4.78 is 19.8. The van der Waals surface area contributed by atoms with E-state index in [2.05, 4.69) is 15.9 Å². The first-order valence-electron chi connectivity index (χ1n) is 5.95. The lowest BCUT2D eigenvalue weighted by atomic mass is 9.90.